The summed E-state index contributed by atoms with van der Waals surface area (Å²) in [6.07, 6.45) is 2.67. The predicted molar refractivity (Wildman–Crippen MR) is 115 cm³/mol. The van der Waals surface area contributed by atoms with Gasteiger partial charge in [0.05, 0.1) is 6.42 Å². The first-order chi connectivity index (χ1) is 14.1. The molecule has 0 saturated carbocycles. The summed E-state index contributed by atoms with van der Waals surface area (Å²) in [5.74, 6) is -0.0531. The summed E-state index contributed by atoms with van der Waals surface area (Å²) in [7, 11) is -3.46. The van der Waals surface area contributed by atoms with Gasteiger partial charge in [-0.3, -0.25) is 4.79 Å². The molecular formula is C20H31N3O5S2. The number of nitrogens with zero attached hydrogens (tertiary/aromatic N) is 3. The quantitative estimate of drug-likeness (QED) is 0.693. The molecule has 0 spiro atoms. The van der Waals surface area contributed by atoms with E-state index in [1.54, 1.807) is 26.2 Å². The molecule has 0 N–H and O–H groups in total. The van der Waals surface area contributed by atoms with Gasteiger partial charge in [-0.15, -0.1) is 11.3 Å². The first-order valence-corrected chi connectivity index (χ1v) is 12.7. The molecule has 2 amide bonds. The topological polar surface area (TPSA) is 87.2 Å². The molecule has 2 saturated heterocycles. The van der Waals surface area contributed by atoms with Gasteiger partial charge in [0.2, 0.25) is 5.91 Å². The molecule has 2 fully saturated rings. The Hall–Kier alpha value is -1.65. The molecule has 3 heterocycles. The van der Waals surface area contributed by atoms with Crippen LogP contribution in [0.25, 0.3) is 0 Å². The lowest BCUT2D eigenvalue weighted by molar-refractivity contribution is -0.132. The van der Waals surface area contributed by atoms with Crippen molar-refractivity contribution in [2.24, 2.45) is 0 Å². The van der Waals surface area contributed by atoms with E-state index < -0.39 is 15.6 Å². The molecule has 30 heavy (non-hydrogen) atoms. The second-order valence-electron chi connectivity index (χ2n) is 8.71. The van der Waals surface area contributed by atoms with Crippen molar-refractivity contribution >= 4 is 33.4 Å². The number of amides is 2. The highest BCUT2D eigenvalue weighted by Crippen LogP contribution is 2.27. The minimum Gasteiger partial charge on any atom is -0.444 e. The van der Waals surface area contributed by atoms with Crippen LogP contribution < -0.4 is 0 Å². The van der Waals surface area contributed by atoms with Crippen molar-refractivity contribution in [1.82, 2.24) is 14.1 Å². The number of ether oxygens (including phenoxy) is 1. The van der Waals surface area contributed by atoms with Crippen molar-refractivity contribution in [2.45, 2.75) is 56.3 Å². The molecule has 0 atom stereocenters. The van der Waals surface area contributed by atoms with Gasteiger partial charge in [-0.25, -0.2) is 13.2 Å². The maximum Gasteiger partial charge on any atom is 0.410 e. The number of carbonyl (C=O) groups is 2. The minimum atomic E-state index is -3.46. The molecule has 0 radical (unpaired) electrons. The van der Waals surface area contributed by atoms with Crippen molar-refractivity contribution in [2.75, 3.05) is 39.3 Å². The summed E-state index contributed by atoms with van der Waals surface area (Å²) in [6, 6.07) is 3.34. The van der Waals surface area contributed by atoms with Crippen LogP contribution in [0.3, 0.4) is 0 Å². The maximum atomic E-state index is 12.8. The first kappa shape index (κ1) is 23.0. The molecule has 0 aliphatic carbocycles. The van der Waals surface area contributed by atoms with E-state index in [1.807, 2.05) is 20.8 Å². The Kier molecular flexibility index (Phi) is 7.09. The van der Waals surface area contributed by atoms with E-state index in [9.17, 15) is 18.0 Å². The van der Waals surface area contributed by atoms with Crippen molar-refractivity contribution < 1.29 is 22.7 Å². The van der Waals surface area contributed by atoms with E-state index >= 15 is 0 Å². The van der Waals surface area contributed by atoms with Gasteiger partial charge < -0.3 is 14.5 Å². The molecule has 0 bridgehead atoms. The van der Waals surface area contributed by atoms with Crippen LogP contribution in [0.2, 0.25) is 0 Å². The number of hydrogen-bond acceptors (Lipinski definition) is 6. The molecule has 1 aromatic heterocycles. The third kappa shape index (κ3) is 5.73. The molecule has 0 aromatic carbocycles. The van der Waals surface area contributed by atoms with E-state index in [2.05, 4.69) is 0 Å². The van der Waals surface area contributed by atoms with E-state index in [0.717, 1.165) is 24.1 Å². The average Bonchev–Trinajstić information content (AvgIpc) is 3.17. The Balaban J connectivity index is 1.53. The van der Waals surface area contributed by atoms with Crippen LogP contribution in [-0.4, -0.2) is 79.4 Å². The Morgan fingerprint density at radius 2 is 1.57 bits per heavy atom. The van der Waals surface area contributed by atoms with Crippen LogP contribution in [0.4, 0.5) is 4.79 Å². The SMILES string of the molecule is CC(C)(C)OC(=O)N1CCN(C(=O)Cc2ccc(S(=O)(=O)N3CCCCC3)s2)CC1. The van der Waals surface area contributed by atoms with E-state index in [-0.39, 0.29) is 18.4 Å². The summed E-state index contributed by atoms with van der Waals surface area (Å²) in [5, 5.41) is 0. The third-order valence-corrected chi connectivity index (χ3v) is 8.61. The number of thiophene rings is 1. The van der Waals surface area contributed by atoms with Crippen LogP contribution in [0.15, 0.2) is 16.3 Å². The lowest BCUT2D eigenvalue weighted by atomic mass is 10.2. The fourth-order valence-electron chi connectivity index (χ4n) is 3.55. The second kappa shape index (κ2) is 9.23. The average molecular weight is 458 g/mol. The van der Waals surface area contributed by atoms with Gasteiger partial charge in [-0.2, -0.15) is 4.31 Å². The molecular weight excluding hydrogens is 426 g/mol. The molecule has 2 aliphatic heterocycles. The second-order valence-corrected chi connectivity index (χ2v) is 12.0. The van der Waals surface area contributed by atoms with Crippen molar-refractivity contribution in [1.29, 1.82) is 0 Å². The van der Waals surface area contributed by atoms with Crippen LogP contribution in [0.1, 0.15) is 44.9 Å². The monoisotopic (exact) mass is 457 g/mol. The molecule has 168 valence electrons. The van der Waals surface area contributed by atoms with E-state index in [1.165, 1.54) is 11.3 Å². The smallest absolute Gasteiger partial charge is 0.410 e. The van der Waals surface area contributed by atoms with Gasteiger partial charge in [-0.05, 0) is 45.7 Å². The van der Waals surface area contributed by atoms with E-state index in [0.29, 0.717) is 43.5 Å². The van der Waals surface area contributed by atoms with Gasteiger partial charge in [0.25, 0.3) is 10.0 Å². The van der Waals surface area contributed by atoms with Gasteiger partial charge in [0, 0.05) is 44.1 Å². The Morgan fingerprint density at radius 3 is 2.17 bits per heavy atom. The number of hydrogen-bond donors (Lipinski definition) is 0. The maximum absolute atomic E-state index is 12.8. The lowest BCUT2D eigenvalue weighted by Gasteiger charge is -2.35. The number of piperidine rings is 1. The normalized spacial score (nSPS) is 19.0. The Bertz CT molecular complexity index is 861. The molecule has 10 heteroatoms. The number of piperazine rings is 1. The van der Waals surface area contributed by atoms with Crippen molar-refractivity contribution in [3.05, 3.63) is 17.0 Å². The van der Waals surface area contributed by atoms with Crippen LogP contribution in [0.5, 0.6) is 0 Å². The molecule has 1 aromatic rings. The highest BCUT2D eigenvalue weighted by atomic mass is 32.2. The van der Waals surface area contributed by atoms with E-state index in [4.69, 9.17) is 4.74 Å². The zero-order valence-corrected chi connectivity index (χ0v) is 19.6. The Morgan fingerprint density at radius 1 is 0.967 bits per heavy atom. The zero-order valence-electron chi connectivity index (χ0n) is 17.9. The van der Waals surface area contributed by atoms with Crippen molar-refractivity contribution in [3.8, 4) is 0 Å². The standard InChI is InChI=1S/C20H31N3O5S2/c1-20(2,3)28-19(25)22-13-11-21(12-14-22)17(24)15-16-7-8-18(29-16)30(26,27)23-9-5-4-6-10-23/h7-8H,4-6,9-15H2,1-3H3. The van der Waals surface area contributed by atoms with Gasteiger partial charge in [0.15, 0.2) is 0 Å². The van der Waals surface area contributed by atoms with Gasteiger partial charge >= 0.3 is 6.09 Å². The van der Waals surface area contributed by atoms with Gasteiger partial charge in [0.1, 0.15) is 9.81 Å². The van der Waals surface area contributed by atoms with Gasteiger partial charge in [-0.1, -0.05) is 6.42 Å². The zero-order chi connectivity index (χ0) is 21.9. The summed E-state index contributed by atoms with van der Waals surface area (Å²) >= 11 is 1.18. The predicted octanol–water partition coefficient (Wildman–Crippen LogP) is 2.54. The molecule has 8 nitrogen and oxygen atoms in total. The van der Waals surface area contributed by atoms with Crippen LogP contribution in [0, 0.1) is 0 Å². The highest BCUT2D eigenvalue weighted by Gasteiger charge is 2.29. The number of carbonyl (C=O) groups excluding carboxylic acids is 2. The lowest BCUT2D eigenvalue weighted by Crippen LogP contribution is -2.51. The first-order valence-electron chi connectivity index (χ1n) is 10.4. The molecule has 0 unspecified atom stereocenters. The summed E-state index contributed by atoms with van der Waals surface area (Å²) < 4.78 is 32.8. The fourth-order valence-corrected chi connectivity index (χ4v) is 6.57. The molecule has 3 rings (SSSR count). The minimum absolute atomic E-state index is 0.0531. The third-order valence-electron chi connectivity index (χ3n) is 5.16. The summed E-state index contributed by atoms with van der Waals surface area (Å²) in [4.78, 5) is 28.9. The number of rotatable bonds is 4. The Labute approximate surface area is 182 Å². The molecule has 2 aliphatic rings. The van der Waals surface area contributed by atoms with Crippen LogP contribution in [-0.2, 0) is 26.0 Å². The highest BCUT2D eigenvalue weighted by molar-refractivity contribution is 7.91. The summed E-state index contributed by atoms with van der Waals surface area (Å²) in [5.41, 5.74) is -0.546. The van der Waals surface area contributed by atoms with Crippen molar-refractivity contribution in [3.63, 3.8) is 0 Å². The summed E-state index contributed by atoms with van der Waals surface area (Å²) in [6.45, 7) is 8.36. The largest absolute Gasteiger partial charge is 0.444 e. The van der Waals surface area contributed by atoms with Crippen LogP contribution >= 0.6 is 11.3 Å². The fraction of sp³-hybridized carbons (Fsp3) is 0.700. The number of sulfonamides is 1.